The first-order chi connectivity index (χ1) is 8.56. The third-order valence-corrected chi connectivity index (χ3v) is 3.92. The molecule has 0 saturated heterocycles. The number of hydrogen-bond acceptors (Lipinski definition) is 3. The number of carbonyl (C=O) groups is 1. The van der Waals surface area contributed by atoms with Gasteiger partial charge in [0.15, 0.2) is 0 Å². The van der Waals surface area contributed by atoms with Gasteiger partial charge in [0.05, 0.1) is 9.35 Å². The average Bonchev–Trinajstić information content (AvgIpc) is 2.73. The van der Waals surface area contributed by atoms with E-state index in [2.05, 4.69) is 21.2 Å². The molecule has 0 unspecified atom stereocenters. The number of halogens is 2. The Bertz CT molecular complexity index is 585. The van der Waals surface area contributed by atoms with E-state index in [1.165, 1.54) is 12.1 Å². The Morgan fingerprint density at radius 3 is 2.78 bits per heavy atom. The molecule has 0 aliphatic heterocycles. The van der Waals surface area contributed by atoms with Crippen LogP contribution in [0.5, 0.6) is 0 Å². The summed E-state index contributed by atoms with van der Waals surface area (Å²) in [5.41, 5.74) is 0.346. The van der Waals surface area contributed by atoms with Crippen molar-refractivity contribution in [2.45, 2.75) is 6.54 Å². The second kappa shape index (κ2) is 5.49. The summed E-state index contributed by atoms with van der Waals surface area (Å²) in [7, 11) is 0. The number of rotatable bonds is 4. The molecule has 0 atom stereocenters. The molecule has 1 aromatic carbocycles. The summed E-state index contributed by atoms with van der Waals surface area (Å²) in [4.78, 5) is 12.0. The van der Waals surface area contributed by atoms with E-state index in [0.717, 1.165) is 14.7 Å². The quantitative estimate of drug-likeness (QED) is 0.892. The second-order valence-corrected chi connectivity index (χ2v) is 6.10. The molecule has 2 N–H and O–H groups in total. The number of carboxylic acid groups (broad SMARTS) is 1. The molecule has 6 heteroatoms. The average molecular weight is 330 g/mol. The molecule has 0 bridgehead atoms. The lowest BCUT2D eigenvalue weighted by Crippen LogP contribution is -2.06. The van der Waals surface area contributed by atoms with Crippen LogP contribution in [-0.4, -0.2) is 11.1 Å². The second-order valence-electron chi connectivity index (χ2n) is 3.55. The number of benzene rings is 1. The van der Waals surface area contributed by atoms with E-state index < -0.39 is 11.8 Å². The van der Waals surface area contributed by atoms with Crippen LogP contribution in [0.15, 0.2) is 34.1 Å². The number of nitrogens with one attached hydrogen (secondary N) is 1. The maximum Gasteiger partial charge on any atom is 0.337 e. The smallest absolute Gasteiger partial charge is 0.337 e. The van der Waals surface area contributed by atoms with Crippen molar-refractivity contribution in [1.82, 2.24) is 0 Å². The molecule has 0 radical (unpaired) electrons. The molecule has 94 valence electrons. The van der Waals surface area contributed by atoms with Crippen molar-refractivity contribution in [3.05, 3.63) is 50.4 Å². The zero-order chi connectivity index (χ0) is 13.1. The van der Waals surface area contributed by atoms with Gasteiger partial charge in [0, 0.05) is 17.1 Å². The summed E-state index contributed by atoms with van der Waals surface area (Å²) in [6.45, 7) is 0.502. The van der Waals surface area contributed by atoms with Gasteiger partial charge in [-0.3, -0.25) is 0 Å². The number of aromatic carboxylic acids is 1. The van der Waals surface area contributed by atoms with Crippen LogP contribution in [0.4, 0.5) is 10.1 Å². The van der Waals surface area contributed by atoms with Gasteiger partial charge in [-0.1, -0.05) is 0 Å². The van der Waals surface area contributed by atoms with Crippen LogP contribution in [0.2, 0.25) is 0 Å². The monoisotopic (exact) mass is 329 g/mol. The normalized spacial score (nSPS) is 10.3. The molecular formula is C12H9BrFNO2S. The molecule has 0 spiro atoms. The Hall–Kier alpha value is -1.40. The van der Waals surface area contributed by atoms with Crippen LogP contribution in [0, 0.1) is 5.82 Å². The molecule has 0 amide bonds. The third kappa shape index (κ3) is 3.08. The SMILES string of the molecule is O=C(O)c1cc(F)ccc1NCc1ccc(Br)s1. The molecule has 3 nitrogen and oxygen atoms in total. The zero-order valence-electron chi connectivity index (χ0n) is 9.11. The number of hydrogen-bond donors (Lipinski definition) is 2. The molecule has 18 heavy (non-hydrogen) atoms. The van der Waals surface area contributed by atoms with Crippen molar-refractivity contribution >= 4 is 38.9 Å². The highest BCUT2D eigenvalue weighted by atomic mass is 79.9. The van der Waals surface area contributed by atoms with Gasteiger partial charge in [-0.05, 0) is 46.3 Å². The number of thiophene rings is 1. The van der Waals surface area contributed by atoms with Crippen molar-refractivity contribution in [3.63, 3.8) is 0 Å². The standard InChI is InChI=1S/C12H9BrFNO2S/c13-11-4-2-8(18-11)6-15-10-3-1-7(14)5-9(10)12(16)17/h1-5,15H,6H2,(H,16,17). The van der Waals surface area contributed by atoms with Crippen molar-refractivity contribution in [2.75, 3.05) is 5.32 Å². The van der Waals surface area contributed by atoms with Crippen molar-refractivity contribution < 1.29 is 14.3 Å². The van der Waals surface area contributed by atoms with Crippen LogP contribution in [0.1, 0.15) is 15.2 Å². The molecule has 2 aromatic rings. The predicted octanol–water partition coefficient (Wildman–Crippen LogP) is 3.96. The highest BCUT2D eigenvalue weighted by molar-refractivity contribution is 9.11. The fourth-order valence-electron chi connectivity index (χ4n) is 1.48. The van der Waals surface area contributed by atoms with E-state index in [4.69, 9.17) is 5.11 Å². The lowest BCUT2D eigenvalue weighted by atomic mass is 10.1. The van der Waals surface area contributed by atoms with E-state index in [1.54, 1.807) is 11.3 Å². The van der Waals surface area contributed by atoms with Crippen LogP contribution in [0.3, 0.4) is 0 Å². The molecule has 0 aliphatic carbocycles. The minimum atomic E-state index is -1.15. The summed E-state index contributed by atoms with van der Waals surface area (Å²) in [5.74, 6) is -1.71. The van der Waals surface area contributed by atoms with Crippen molar-refractivity contribution in [1.29, 1.82) is 0 Å². The first-order valence-corrected chi connectivity index (χ1v) is 6.68. The van der Waals surface area contributed by atoms with Gasteiger partial charge < -0.3 is 10.4 Å². The molecule has 0 aliphatic rings. The molecule has 2 rings (SSSR count). The number of anilines is 1. The minimum Gasteiger partial charge on any atom is -0.478 e. The Morgan fingerprint density at radius 1 is 1.39 bits per heavy atom. The number of carboxylic acids is 1. The van der Waals surface area contributed by atoms with Crippen LogP contribution in [-0.2, 0) is 6.54 Å². The molecule has 1 heterocycles. The Morgan fingerprint density at radius 2 is 2.17 bits per heavy atom. The predicted molar refractivity (Wildman–Crippen MR) is 72.7 cm³/mol. The maximum absolute atomic E-state index is 13.0. The summed E-state index contributed by atoms with van der Waals surface area (Å²) in [5, 5.41) is 12.0. The van der Waals surface area contributed by atoms with Crippen LogP contribution < -0.4 is 5.32 Å². The van der Waals surface area contributed by atoms with Gasteiger partial charge in [-0.2, -0.15) is 0 Å². The van der Waals surface area contributed by atoms with Gasteiger partial charge in [0.25, 0.3) is 0 Å². The summed E-state index contributed by atoms with van der Waals surface area (Å²) >= 11 is 4.91. The third-order valence-electron chi connectivity index (χ3n) is 2.29. The summed E-state index contributed by atoms with van der Waals surface area (Å²) < 4.78 is 14.0. The van der Waals surface area contributed by atoms with Gasteiger partial charge in [-0.15, -0.1) is 11.3 Å². The molecule has 0 saturated carbocycles. The van der Waals surface area contributed by atoms with Crippen molar-refractivity contribution in [2.24, 2.45) is 0 Å². The van der Waals surface area contributed by atoms with E-state index >= 15 is 0 Å². The lowest BCUT2D eigenvalue weighted by Gasteiger charge is -2.08. The van der Waals surface area contributed by atoms with Crippen LogP contribution in [0.25, 0.3) is 0 Å². The van der Waals surface area contributed by atoms with Gasteiger partial charge in [-0.25, -0.2) is 9.18 Å². The van der Waals surface area contributed by atoms with E-state index in [0.29, 0.717) is 12.2 Å². The van der Waals surface area contributed by atoms with Gasteiger partial charge >= 0.3 is 5.97 Å². The Kier molecular flexibility index (Phi) is 3.98. The highest BCUT2D eigenvalue weighted by Gasteiger charge is 2.11. The van der Waals surface area contributed by atoms with E-state index in [1.807, 2.05) is 12.1 Å². The Balaban J connectivity index is 2.16. The first kappa shape index (κ1) is 13.0. The zero-order valence-corrected chi connectivity index (χ0v) is 11.5. The minimum absolute atomic E-state index is 0.0642. The van der Waals surface area contributed by atoms with E-state index in [-0.39, 0.29) is 5.56 Å². The fourth-order valence-corrected chi connectivity index (χ4v) is 2.90. The van der Waals surface area contributed by atoms with E-state index in [9.17, 15) is 9.18 Å². The topological polar surface area (TPSA) is 49.3 Å². The van der Waals surface area contributed by atoms with Gasteiger partial charge in [0.1, 0.15) is 5.82 Å². The van der Waals surface area contributed by atoms with Gasteiger partial charge in [0.2, 0.25) is 0 Å². The van der Waals surface area contributed by atoms with Crippen molar-refractivity contribution in [3.8, 4) is 0 Å². The lowest BCUT2D eigenvalue weighted by molar-refractivity contribution is 0.0697. The molecular weight excluding hydrogens is 321 g/mol. The fraction of sp³-hybridized carbons (Fsp3) is 0.0833. The molecule has 1 aromatic heterocycles. The maximum atomic E-state index is 13.0. The summed E-state index contributed by atoms with van der Waals surface area (Å²) in [6, 6.07) is 7.53. The largest absolute Gasteiger partial charge is 0.478 e. The summed E-state index contributed by atoms with van der Waals surface area (Å²) in [6.07, 6.45) is 0. The Labute approximate surface area is 115 Å². The first-order valence-electron chi connectivity index (χ1n) is 5.07. The van der Waals surface area contributed by atoms with Crippen LogP contribution >= 0.6 is 27.3 Å². The molecule has 0 fully saturated rings. The highest BCUT2D eigenvalue weighted by Crippen LogP contribution is 2.24.